The van der Waals surface area contributed by atoms with Crippen LogP contribution < -0.4 is 0 Å². The molecule has 3 atom stereocenters. The van der Waals surface area contributed by atoms with Gasteiger partial charge in [-0.05, 0) is 67.4 Å². The maximum atomic E-state index is 13.4. The van der Waals surface area contributed by atoms with Crippen molar-refractivity contribution in [1.29, 1.82) is 0 Å². The number of hydrogen-bond acceptors (Lipinski definition) is 3. The van der Waals surface area contributed by atoms with Crippen LogP contribution in [0.4, 0.5) is 0 Å². The zero-order valence-corrected chi connectivity index (χ0v) is 24.8. The summed E-state index contributed by atoms with van der Waals surface area (Å²) in [5.74, 6) is 1.04. The van der Waals surface area contributed by atoms with E-state index in [-0.39, 0.29) is 41.0 Å². The van der Waals surface area contributed by atoms with Crippen molar-refractivity contribution in [3.8, 4) is 0 Å². The molecule has 0 heterocycles. The number of rotatable bonds is 12. The fourth-order valence-electron chi connectivity index (χ4n) is 7.08. The van der Waals surface area contributed by atoms with E-state index < -0.39 is 0 Å². The highest BCUT2D eigenvalue weighted by Crippen LogP contribution is 2.43. The molecule has 0 aromatic heterocycles. The molecule has 208 valence electrons. The molecule has 1 aromatic rings. The largest absolute Gasteiger partial charge is 0.299 e. The van der Waals surface area contributed by atoms with Gasteiger partial charge < -0.3 is 0 Å². The highest BCUT2D eigenvalue weighted by molar-refractivity contribution is 6.01. The predicted molar refractivity (Wildman–Crippen MR) is 155 cm³/mol. The summed E-state index contributed by atoms with van der Waals surface area (Å²) in [6.07, 6.45) is 14.2. The second-order valence-corrected chi connectivity index (χ2v) is 12.1. The number of ketones is 3. The minimum absolute atomic E-state index is 0.0677. The van der Waals surface area contributed by atoms with Crippen LogP contribution in [0.15, 0.2) is 18.2 Å². The van der Waals surface area contributed by atoms with Crippen molar-refractivity contribution in [3.05, 3.63) is 34.9 Å². The first-order valence-electron chi connectivity index (χ1n) is 15.4. The first-order valence-corrected chi connectivity index (χ1v) is 15.4. The number of carbonyl (C=O) groups is 3. The zero-order chi connectivity index (χ0) is 27.4. The molecular formula is C34H54O3. The van der Waals surface area contributed by atoms with Crippen LogP contribution in [0.2, 0.25) is 0 Å². The van der Waals surface area contributed by atoms with Gasteiger partial charge in [0.25, 0.3) is 0 Å². The van der Waals surface area contributed by atoms with E-state index in [1.165, 1.54) is 31.2 Å². The summed E-state index contributed by atoms with van der Waals surface area (Å²) in [6.45, 7) is 12.7. The SMILES string of the molecule is CCC.CCCC(CC1CC(=O)c2c(C)cccc2C1)C(CC)C(=O)CC(=O)CC1(CC)CCCCC1. The van der Waals surface area contributed by atoms with Gasteiger partial charge >= 0.3 is 0 Å². The quantitative estimate of drug-likeness (QED) is 0.263. The summed E-state index contributed by atoms with van der Waals surface area (Å²) in [4.78, 5) is 39.3. The van der Waals surface area contributed by atoms with Crippen LogP contribution in [0.5, 0.6) is 0 Å². The van der Waals surface area contributed by atoms with Crippen molar-refractivity contribution < 1.29 is 14.4 Å². The normalized spacial score (nSPS) is 20.3. The molecule has 3 rings (SSSR count). The van der Waals surface area contributed by atoms with Crippen LogP contribution in [0.1, 0.15) is 146 Å². The van der Waals surface area contributed by atoms with Crippen molar-refractivity contribution in [3.63, 3.8) is 0 Å². The van der Waals surface area contributed by atoms with E-state index in [0.717, 1.165) is 62.5 Å². The molecule has 2 aliphatic carbocycles. The van der Waals surface area contributed by atoms with Gasteiger partial charge in [0.1, 0.15) is 11.6 Å². The molecule has 0 bridgehead atoms. The first kappa shape index (κ1) is 31.4. The summed E-state index contributed by atoms with van der Waals surface area (Å²) in [5, 5.41) is 0. The van der Waals surface area contributed by atoms with Crippen LogP contribution in [0.3, 0.4) is 0 Å². The fraction of sp³-hybridized carbons (Fsp3) is 0.735. The van der Waals surface area contributed by atoms with Gasteiger partial charge in [-0.15, -0.1) is 0 Å². The summed E-state index contributed by atoms with van der Waals surface area (Å²) in [7, 11) is 0. The lowest BCUT2D eigenvalue weighted by atomic mass is 9.68. The smallest absolute Gasteiger partial charge is 0.163 e. The number of benzene rings is 1. The van der Waals surface area contributed by atoms with Crippen LogP contribution in [0, 0.1) is 30.1 Å². The maximum absolute atomic E-state index is 13.4. The molecule has 3 unspecified atom stereocenters. The van der Waals surface area contributed by atoms with Gasteiger partial charge in [0.05, 0.1) is 6.42 Å². The summed E-state index contributed by atoms with van der Waals surface area (Å²) in [5.41, 5.74) is 3.30. The Balaban J connectivity index is 0.00000153. The molecule has 0 spiro atoms. The standard InChI is InChI=1S/C31H46O3.C3H8/c1-5-12-24(17-23-18-25-14-11-13-22(4)30(25)29(34)19-23)27(6-2)28(33)20-26(32)21-31(7-3)15-9-8-10-16-31;1-3-2/h11,13-14,23-24,27H,5-10,12,15-21H2,1-4H3;3H2,1-2H3. The minimum atomic E-state index is -0.0677. The lowest BCUT2D eigenvalue weighted by molar-refractivity contribution is -0.132. The number of Topliss-reactive ketones (excluding diaryl/α,β-unsaturated/α-hetero) is 3. The second kappa shape index (κ2) is 15.6. The summed E-state index contributed by atoms with van der Waals surface area (Å²) < 4.78 is 0. The van der Waals surface area contributed by atoms with Crippen LogP contribution in [-0.4, -0.2) is 17.3 Å². The van der Waals surface area contributed by atoms with E-state index in [1.54, 1.807) is 0 Å². The Morgan fingerprint density at radius 1 is 1.00 bits per heavy atom. The van der Waals surface area contributed by atoms with E-state index >= 15 is 0 Å². The molecule has 0 saturated heterocycles. The van der Waals surface area contributed by atoms with Crippen molar-refractivity contribution in [2.45, 2.75) is 138 Å². The predicted octanol–water partition coefficient (Wildman–Crippen LogP) is 9.27. The topological polar surface area (TPSA) is 51.2 Å². The van der Waals surface area contributed by atoms with E-state index in [1.807, 2.05) is 19.1 Å². The Kier molecular flexibility index (Phi) is 13.3. The van der Waals surface area contributed by atoms with Gasteiger partial charge in [0.15, 0.2) is 5.78 Å². The Morgan fingerprint density at radius 3 is 2.27 bits per heavy atom. The third-order valence-electron chi connectivity index (χ3n) is 8.95. The molecule has 1 aromatic carbocycles. The van der Waals surface area contributed by atoms with Gasteiger partial charge in [-0.3, -0.25) is 14.4 Å². The number of hydrogen-bond donors (Lipinski definition) is 0. The lowest BCUT2D eigenvalue weighted by Gasteiger charge is -2.36. The van der Waals surface area contributed by atoms with E-state index in [2.05, 4.69) is 40.7 Å². The first-order chi connectivity index (χ1) is 17.7. The number of aryl methyl sites for hydroxylation is 1. The maximum Gasteiger partial charge on any atom is 0.163 e. The Bertz CT molecular complexity index is 877. The molecule has 37 heavy (non-hydrogen) atoms. The molecule has 0 N–H and O–H groups in total. The molecule has 3 heteroatoms. The molecule has 1 saturated carbocycles. The van der Waals surface area contributed by atoms with Gasteiger partial charge in [-0.25, -0.2) is 0 Å². The van der Waals surface area contributed by atoms with Crippen LogP contribution >= 0.6 is 0 Å². The third kappa shape index (κ3) is 8.89. The summed E-state index contributed by atoms with van der Waals surface area (Å²) in [6, 6.07) is 6.17. The van der Waals surface area contributed by atoms with Crippen molar-refractivity contribution in [2.24, 2.45) is 23.2 Å². The monoisotopic (exact) mass is 510 g/mol. The number of fused-ring (bicyclic) bond motifs is 1. The Hall–Kier alpha value is -1.77. The van der Waals surface area contributed by atoms with Crippen LogP contribution in [-0.2, 0) is 16.0 Å². The molecule has 2 aliphatic rings. The van der Waals surface area contributed by atoms with Crippen molar-refractivity contribution in [2.75, 3.05) is 0 Å². The lowest BCUT2D eigenvalue weighted by Crippen LogP contribution is -2.31. The second-order valence-electron chi connectivity index (χ2n) is 12.1. The highest BCUT2D eigenvalue weighted by Gasteiger charge is 2.36. The van der Waals surface area contributed by atoms with E-state index in [0.29, 0.717) is 18.8 Å². The Labute approximate surface area is 227 Å². The molecule has 0 radical (unpaired) electrons. The minimum Gasteiger partial charge on any atom is -0.299 e. The fourth-order valence-corrected chi connectivity index (χ4v) is 7.08. The van der Waals surface area contributed by atoms with Crippen LogP contribution in [0.25, 0.3) is 0 Å². The molecule has 0 amide bonds. The molecule has 3 nitrogen and oxygen atoms in total. The van der Waals surface area contributed by atoms with Gasteiger partial charge in [0.2, 0.25) is 0 Å². The van der Waals surface area contributed by atoms with Gasteiger partial charge in [-0.1, -0.05) is 97.8 Å². The van der Waals surface area contributed by atoms with Crippen molar-refractivity contribution in [1.82, 2.24) is 0 Å². The van der Waals surface area contributed by atoms with Gasteiger partial charge in [-0.2, -0.15) is 0 Å². The average molecular weight is 511 g/mol. The molecule has 0 aliphatic heterocycles. The molecular weight excluding hydrogens is 456 g/mol. The molecule has 1 fully saturated rings. The van der Waals surface area contributed by atoms with Gasteiger partial charge in [0, 0.05) is 24.3 Å². The van der Waals surface area contributed by atoms with E-state index in [4.69, 9.17) is 0 Å². The van der Waals surface area contributed by atoms with E-state index in [9.17, 15) is 14.4 Å². The highest BCUT2D eigenvalue weighted by atomic mass is 16.1. The Morgan fingerprint density at radius 2 is 1.68 bits per heavy atom. The number of carbonyl (C=O) groups excluding carboxylic acids is 3. The zero-order valence-electron chi connectivity index (χ0n) is 24.8. The van der Waals surface area contributed by atoms with Crippen molar-refractivity contribution >= 4 is 17.3 Å². The third-order valence-corrected chi connectivity index (χ3v) is 8.95. The summed E-state index contributed by atoms with van der Waals surface area (Å²) >= 11 is 0. The average Bonchev–Trinajstić information content (AvgIpc) is 2.85.